The summed E-state index contributed by atoms with van der Waals surface area (Å²) in [5, 5.41) is 0. The topological polar surface area (TPSA) is 36.4 Å². The van der Waals surface area contributed by atoms with E-state index in [-0.39, 0.29) is 17.5 Å². The zero-order chi connectivity index (χ0) is 15.7. The molecule has 0 spiro atoms. The van der Waals surface area contributed by atoms with Gasteiger partial charge in [0.05, 0.1) is 23.1 Å². The van der Waals surface area contributed by atoms with Gasteiger partial charge in [-0.1, -0.05) is 12.1 Å². The highest BCUT2D eigenvalue weighted by Crippen LogP contribution is 2.34. The fraction of sp³-hybridized carbons (Fsp3) is 0.294. The molecule has 1 aliphatic rings. The summed E-state index contributed by atoms with van der Waals surface area (Å²) in [6.07, 6.45) is 3.34. The minimum atomic E-state index is -0.588. The van der Waals surface area contributed by atoms with Crippen molar-refractivity contribution in [1.82, 2.24) is 4.98 Å². The second-order valence-corrected chi connectivity index (χ2v) is 5.58. The molecule has 0 fully saturated rings. The first kappa shape index (κ1) is 14.5. The van der Waals surface area contributed by atoms with Crippen LogP contribution < -0.4 is 9.80 Å². The lowest BCUT2D eigenvalue weighted by Gasteiger charge is -2.28. The monoisotopic (exact) mass is 299 g/mol. The van der Waals surface area contributed by atoms with Crippen LogP contribution in [0.4, 0.5) is 15.8 Å². The van der Waals surface area contributed by atoms with Crippen molar-refractivity contribution in [2.45, 2.75) is 19.4 Å². The molecule has 1 amide bonds. The van der Waals surface area contributed by atoms with Gasteiger partial charge in [0.15, 0.2) is 5.82 Å². The van der Waals surface area contributed by atoms with Crippen LogP contribution in [0.25, 0.3) is 0 Å². The average molecular weight is 299 g/mol. The number of para-hydroxylation sites is 2. The number of rotatable bonds is 1. The lowest BCUT2D eigenvalue weighted by Crippen LogP contribution is -2.39. The number of pyridine rings is 1. The zero-order valence-corrected chi connectivity index (χ0v) is 12.7. The summed E-state index contributed by atoms with van der Waals surface area (Å²) in [5.41, 5.74) is 1.85. The van der Waals surface area contributed by atoms with Crippen LogP contribution in [0.3, 0.4) is 0 Å². The molecule has 22 heavy (non-hydrogen) atoms. The van der Waals surface area contributed by atoms with Crippen LogP contribution in [0.15, 0.2) is 42.7 Å². The Morgan fingerprint density at radius 3 is 2.73 bits per heavy atom. The Balaban J connectivity index is 2.10. The Labute approximate surface area is 129 Å². The molecule has 0 unspecified atom stereocenters. The van der Waals surface area contributed by atoms with Crippen LogP contribution in [0.1, 0.15) is 23.7 Å². The predicted octanol–water partition coefficient (Wildman–Crippen LogP) is 3.10. The van der Waals surface area contributed by atoms with Gasteiger partial charge in [-0.3, -0.25) is 9.78 Å². The normalized spacial score (nSPS) is 17.9. The molecule has 0 radical (unpaired) electrons. The van der Waals surface area contributed by atoms with Crippen molar-refractivity contribution in [3.05, 3.63) is 54.1 Å². The first-order chi connectivity index (χ1) is 10.6. The summed E-state index contributed by atoms with van der Waals surface area (Å²) in [5.74, 6) is -0.912. The fourth-order valence-electron chi connectivity index (χ4n) is 2.85. The Bertz CT molecular complexity index is 704. The number of nitrogens with zero attached hydrogens (tertiary/aromatic N) is 3. The Morgan fingerprint density at radius 1 is 1.27 bits per heavy atom. The molecule has 0 bridgehead atoms. The summed E-state index contributed by atoms with van der Waals surface area (Å²) >= 11 is 0. The highest BCUT2D eigenvalue weighted by atomic mass is 19.1. The summed E-state index contributed by atoms with van der Waals surface area (Å²) in [7, 11) is 2.01. The number of carbonyl (C=O) groups excluding carboxylic acids is 1. The number of hydrogen-bond donors (Lipinski definition) is 0. The molecule has 3 rings (SSSR count). The van der Waals surface area contributed by atoms with E-state index in [9.17, 15) is 9.18 Å². The number of fused-ring (bicyclic) bond motifs is 1. The number of benzene rings is 1. The van der Waals surface area contributed by atoms with Crippen LogP contribution in [-0.2, 0) is 0 Å². The van der Waals surface area contributed by atoms with Gasteiger partial charge in [0.2, 0.25) is 0 Å². The van der Waals surface area contributed by atoms with Crippen molar-refractivity contribution in [3.8, 4) is 0 Å². The quantitative estimate of drug-likeness (QED) is 0.812. The van der Waals surface area contributed by atoms with E-state index in [2.05, 4.69) is 9.88 Å². The van der Waals surface area contributed by atoms with Crippen LogP contribution >= 0.6 is 0 Å². The molecular formula is C17H18FN3O. The van der Waals surface area contributed by atoms with Crippen molar-refractivity contribution in [2.24, 2.45) is 0 Å². The van der Waals surface area contributed by atoms with E-state index in [4.69, 9.17) is 0 Å². The molecule has 1 aliphatic heterocycles. The molecule has 2 aromatic rings. The van der Waals surface area contributed by atoms with Gasteiger partial charge in [0, 0.05) is 25.8 Å². The summed E-state index contributed by atoms with van der Waals surface area (Å²) < 4.78 is 14.0. The van der Waals surface area contributed by atoms with E-state index < -0.39 is 5.82 Å². The Hall–Kier alpha value is -2.43. The molecular weight excluding hydrogens is 281 g/mol. The SMILES string of the molecule is C[C@@H]1CCN(C)c2ccccc2N1C(=O)c1ccncc1F. The van der Waals surface area contributed by atoms with Gasteiger partial charge in [0.1, 0.15) is 0 Å². The maximum atomic E-state index is 14.0. The highest BCUT2D eigenvalue weighted by Gasteiger charge is 2.30. The first-order valence-electron chi connectivity index (χ1n) is 7.33. The van der Waals surface area contributed by atoms with Gasteiger partial charge in [-0.15, -0.1) is 0 Å². The fourth-order valence-corrected chi connectivity index (χ4v) is 2.85. The number of anilines is 2. The molecule has 5 heteroatoms. The first-order valence-corrected chi connectivity index (χ1v) is 7.33. The van der Waals surface area contributed by atoms with Gasteiger partial charge in [-0.25, -0.2) is 4.39 Å². The standard InChI is InChI=1S/C17H18FN3O/c1-12-8-10-20(2)15-5-3-4-6-16(15)21(12)17(22)13-7-9-19-11-14(13)18/h3-7,9,11-12H,8,10H2,1-2H3/t12-/m1/s1. The van der Waals surface area contributed by atoms with Gasteiger partial charge in [0.25, 0.3) is 5.91 Å². The second-order valence-electron chi connectivity index (χ2n) is 5.58. The third-order valence-electron chi connectivity index (χ3n) is 4.10. The van der Waals surface area contributed by atoms with Gasteiger partial charge in [-0.05, 0) is 31.5 Å². The van der Waals surface area contributed by atoms with Crippen LogP contribution in [-0.4, -0.2) is 30.5 Å². The van der Waals surface area contributed by atoms with Crippen LogP contribution in [0.2, 0.25) is 0 Å². The number of hydrogen-bond acceptors (Lipinski definition) is 3. The molecule has 0 N–H and O–H groups in total. The molecule has 0 aliphatic carbocycles. The zero-order valence-electron chi connectivity index (χ0n) is 12.7. The minimum absolute atomic E-state index is 0.00818. The number of halogens is 1. The molecule has 0 saturated carbocycles. The van der Waals surface area contributed by atoms with Crippen LogP contribution in [0.5, 0.6) is 0 Å². The highest BCUT2D eigenvalue weighted by molar-refractivity contribution is 6.08. The minimum Gasteiger partial charge on any atom is -0.373 e. The number of aromatic nitrogens is 1. The van der Waals surface area contributed by atoms with E-state index in [1.807, 2.05) is 38.2 Å². The molecule has 1 aromatic carbocycles. The van der Waals surface area contributed by atoms with Crippen molar-refractivity contribution in [2.75, 3.05) is 23.4 Å². The Kier molecular flexibility index (Phi) is 3.79. The number of amides is 1. The molecule has 1 aromatic heterocycles. The molecule has 2 heterocycles. The summed E-state index contributed by atoms with van der Waals surface area (Å²) in [6.45, 7) is 2.84. The molecule has 4 nitrogen and oxygen atoms in total. The van der Waals surface area contributed by atoms with E-state index >= 15 is 0 Å². The maximum absolute atomic E-state index is 14.0. The summed E-state index contributed by atoms with van der Waals surface area (Å²) in [4.78, 5) is 20.4. The molecule has 0 saturated heterocycles. The molecule has 114 valence electrons. The van der Waals surface area contributed by atoms with E-state index in [1.54, 1.807) is 4.90 Å². The third kappa shape index (κ3) is 2.43. The maximum Gasteiger partial charge on any atom is 0.261 e. The second kappa shape index (κ2) is 5.75. The van der Waals surface area contributed by atoms with Crippen molar-refractivity contribution in [3.63, 3.8) is 0 Å². The smallest absolute Gasteiger partial charge is 0.261 e. The van der Waals surface area contributed by atoms with Gasteiger partial charge < -0.3 is 9.80 Å². The van der Waals surface area contributed by atoms with Gasteiger partial charge >= 0.3 is 0 Å². The third-order valence-corrected chi connectivity index (χ3v) is 4.10. The largest absolute Gasteiger partial charge is 0.373 e. The van der Waals surface area contributed by atoms with Crippen molar-refractivity contribution >= 4 is 17.3 Å². The molecule has 1 atom stereocenters. The van der Waals surface area contributed by atoms with E-state index in [0.717, 1.165) is 30.5 Å². The predicted molar refractivity (Wildman–Crippen MR) is 84.8 cm³/mol. The van der Waals surface area contributed by atoms with Crippen LogP contribution in [0, 0.1) is 5.82 Å². The average Bonchev–Trinajstić information content (AvgIpc) is 2.65. The van der Waals surface area contributed by atoms with Gasteiger partial charge in [-0.2, -0.15) is 0 Å². The van der Waals surface area contributed by atoms with Crippen molar-refractivity contribution in [1.29, 1.82) is 0 Å². The lowest BCUT2D eigenvalue weighted by molar-refractivity contribution is 0.0974. The lowest BCUT2D eigenvalue weighted by atomic mass is 10.1. The van der Waals surface area contributed by atoms with E-state index in [0.29, 0.717) is 0 Å². The summed E-state index contributed by atoms with van der Waals surface area (Å²) in [6, 6.07) is 9.16. The van der Waals surface area contributed by atoms with E-state index in [1.165, 1.54) is 12.3 Å². The Morgan fingerprint density at radius 2 is 2.00 bits per heavy atom. The van der Waals surface area contributed by atoms with Crippen molar-refractivity contribution < 1.29 is 9.18 Å². The number of carbonyl (C=O) groups is 1.